The minimum atomic E-state index is -0.249. The number of hydrogen-bond acceptors (Lipinski definition) is 4. The Hall–Kier alpha value is -2.21. The Morgan fingerprint density at radius 3 is 2.65 bits per heavy atom. The molecular formula is C17H16BrNO4. The third-order valence-corrected chi connectivity index (χ3v) is 3.97. The summed E-state index contributed by atoms with van der Waals surface area (Å²) in [6.45, 7) is 3.41. The molecule has 0 aromatic heterocycles. The number of rotatable bonds is 4. The highest BCUT2D eigenvalue weighted by molar-refractivity contribution is 9.10. The number of carbonyl (C=O) groups is 1. The van der Waals surface area contributed by atoms with Crippen LogP contribution < -0.4 is 19.5 Å². The van der Waals surface area contributed by atoms with Crippen molar-refractivity contribution in [1.29, 1.82) is 0 Å². The Labute approximate surface area is 142 Å². The molecule has 0 bridgehead atoms. The van der Waals surface area contributed by atoms with E-state index in [0.29, 0.717) is 52.8 Å². The molecule has 6 heteroatoms. The largest absolute Gasteiger partial charge is 0.492 e. The van der Waals surface area contributed by atoms with Crippen LogP contribution in [-0.2, 0) is 0 Å². The zero-order valence-corrected chi connectivity index (χ0v) is 14.2. The van der Waals surface area contributed by atoms with Crippen molar-refractivity contribution in [3.05, 3.63) is 46.4 Å². The highest BCUT2D eigenvalue weighted by atomic mass is 79.9. The van der Waals surface area contributed by atoms with E-state index in [2.05, 4.69) is 21.2 Å². The van der Waals surface area contributed by atoms with Gasteiger partial charge in [0.2, 0.25) is 0 Å². The average Bonchev–Trinajstić information content (AvgIpc) is 2.56. The second-order valence-corrected chi connectivity index (χ2v) is 5.71. The van der Waals surface area contributed by atoms with Crippen LogP contribution in [0.5, 0.6) is 17.2 Å². The highest BCUT2D eigenvalue weighted by Gasteiger charge is 2.19. The summed E-state index contributed by atoms with van der Waals surface area (Å²) in [7, 11) is 0. The molecule has 1 heterocycles. The van der Waals surface area contributed by atoms with Crippen molar-refractivity contribution >= 4 is 27.5 Å². The van der Waals surface area contributed by atoms with Crippen molar-refractivity contribution in [2.45, 2.75) is 6.92 Å². The quantitative estimate of drug-likeness (QED) is 0.878. The van der Waals surface area contributed by atoms with E-state index in [4.69, 9.17) is 14.2 Å². The summed E-state index contributed by atoms with van der Waals surface area (Å²) in [6.07, 6.45) is 0. The van der Waals surface area contributed by atoms with Crippen molar-refractivity contribution in [2.24, 2.45) is 0 Å². The summed E-state index contributed by atoms with van der Waals surface area (Å²) in [4.78, 5) is 12.6. The first-order valence-corrected chi connectivity index (χ1v) is 8.10. The first-order valence-electron chi connectivity index (χ1n) is 7.31. The zero-order valence-electron chi connectivity index (χ0n) is 12.6. The van der Waals surface area contributed by atoms with Gasteiger partial charge in [-0.25, -0.2) is 0 Å². The van der Waals surface area contributed by atoms with Crippen molar-refractivity contribution in [3.8, 4) is 17.2 Å². The number of ether oxygens (including phenoxy) is 3. The van der Waals surface area contributed by atoms with Crippen LogP contribution >= 0.6 is 15.9 Å². The Morgan fingerprint density at radius 2 is 1.91 bits per heavy atom. The van der Waals surface area contributed by atoms with E-state index in [1.807, 2.05) is 25.1 Å². The molecule has 0 unspecified atom stereocenters. The van der Waals surface area contributed by atoms with Crippen molar-refractivity contribution < 1.29 is 19.0 Å². The van der Waals surface area contributed by atoms with Crippen molar-refractivity contribution in [2.75, 3.05) is 25.1 Å². The lowest BCUT2D eigenvalue weighted by Crippen LogP contribution is -2.18. The molecule has 1 N–H and O–H groups in total. The predicted molar refractivity (Wildman–Crippen MR) is 90.7 cm³/mol. The molecule has 0 saturated carbocycles. The van der Waals surface area contributed by atoms with Crippen LogP contribution in [0.25, 0.3) is 0 Å². The fourth-order valence-corrected chi connectivity index (χ4v) is 2.78. The van der Waals surface area contributed by atoms with Crippen molar-refractivity contribution in [3.63, 3.8) is 0 Å². The fraction of sp³-hybridized carbons (Fsp3) is 0.235. The Bertz CT molecular complexity index is 733. The Kier molecular flexibility index (Phi) is 4.71. The number of halogens is 1. The van der Waals surface area contributed by atoms with Gasteiger partial charge < -0.3 is 19.5 Å². The molecular weight excluding hydrogens is 362 g/mol. The van der Waals surface area contributed by atoms with Crippen LogP contribution in [0.4, 0.5) is 5.69 Å². The fourth-order valence-electron chi connectivity index (χ4n) is 2.28. The van der Waals surface area contributed by atoms with Gasteiger partial charge >= 0.3 is 0 Å². The van der Waals surface area contributed by atoms with E-state index in [9.17, 15) is 4.79 Å². The van der Waals surface area contributed by atoms with Crippen LogP contribution in [0.15, 0.2) is 40.9 Å². The molecule has 0 saturated heterocycles. The highest BCUT2D eigenvalue weighted by Crippen LogP contribution is 2.36. The van der Waals surface area contributed by atoms with Crippen LogP contribution in [-0.4, -0.2) is 25.7 Å². The third kappa shape index (κ3) is 3.42. The lowest BCUT2D eigenvalue weighted by Gasteiger charge is -2.20. The number of benzene rings is 2. The molecule has 0 spiro atoms. The topological polar surface area (TPSA) is 56.8 Å². The van der Waals surface area contributed by atoms with Crippen LogP contribution in [0.2, 0.25) is 0 Å². The second kappa shape index (κ2) is 6.91. The third-order valence-electron chi connectivity index (χ3n) is 3.31. The van der Waals surface area contributed by atoms with Gasteiger partial charge in [0.25, 0.3) is 5.91 Å². The summed E-state index contributed by atoms with van der Waals surface area (Å²) in [5.74, 6) is 1.59. The summed E-state index contributed by atoms with van der Waals surface area (Å²) in [5, 5.41) is 2.87. The molecule has 2 aromatic carbocycles. The second-order valence-electron chi connectivity index (χ2n) is 4.86. The van der Waals surface area contributed by atoms with E-state index in [1.165, 1.54) is 0 Å². The van der Waals surface area contributed by atoms with Gasteiger partial charge in [-0.1, -0.05) is 12.1 Å². The van der Waals surface area contributed by atoms with E-state index >= 15 is 0 Å². The standard InChI is InChI=1S/C17H16BrNO4/c1-2-21-14-6-4-3-5-13(14)19-17(20)11-9-15-16(10-12(11)18)23-8-7-22-15/h3-6,9-10H,2,7-8H2,1H3,(H,19,20). The minimum Gasteiger partial charge on any atom is -0.492 e. The first kappa shape index (κ1) is 15.7. The van der Waals surface area contributed by atoms with Crippen LogP contribution in [0.1, 0.15) is 17.3 Å². The predicted octanol–water partition coefficient (Wildman–Crippen LogP) is 3.87. The maximum absolute atomic E-state index is 12.6. The molecule has 0 atom stereocenters. The smallest absolute Gasteiger partial charge is 0.257 e. The Morgan fingerprint density at radius 1 is 1.22 bits per heavy atom. The summed E-state index contributed by atoms with van der Waals surface area (Å²) in [5.41, 5.74) is 1.10. The summed E-state index contributed by atoms with van der Waals surface area (Å²) >= 11 is 3.41. The molecule has 1 aliphatic rings. The average molecular weight is 378 g/mol. The molecule has 2 aromatic rings. The van der Waals surface area contributed by atoms with E-state index in [0.717, 1.165) is 0 Å². The lowest BCUT2D eigenvalue weighted by atomic mass is 10.1. The van der Waals surface area contributed by atoms with Gasteiger partial charge in [-0.05, 0) is 47.1 Å². The Balaban J connectivity index is 1.86. The SMILES string of the molecule is CCOc1ccccc1NC(=O)c1cc2c(cc1Br)OCCO2. The van der Waals surface area contributed by atoms with Crippen LogP contribution in [0, 0.1) is 0 Å². The van der Waals surface area contributed by atoms with Gasteiger partial charge in [0, 0.05) is 4.47 Å². The molecule has 120 valence electrons. The molecule has 23 heavy (non-hydrogen) atoms. The van der Waals surface area contributed by atoms with Gasteiger partial charge in [-0.15, -0.1) is 0 Å². The van der Waals surface area contributed by atoms with Gasteiger partial charge in [0.15, 0.2) is 11.5 Å². The molecule has 0 radical (unpaired) electrons. The van der Waals surface area contributed by atoms with Gasteiger partial charge in [0.1, 0.15) is 19.0 Å². The number of nitrogens with one attached hydrogen (secondary N) is 1. The molecule has 0 aliphatic carbocycles. The lowest BCUT2D eigenvalue weighted by molar-refractivity contribution is 0.102. The monoisotopic (exact) mass is 377 g/mol. The number of carbonyl (C=O) groups excluding carboxylic acids is 1. The van der Waals surface area contributed by atoms with Gasteiger partial charge in [-0.3, -0.25) is 4.79 Å². The van der Waals surface area contributed by atoms with Gasteiger partial charge in [0.05, 0.1) is 17.9 Å². The summed E-state index contributed by atoms with van der Waals surface area (Å²) in [6, 6.07) is 10.7. The van der Waals surface area contributed by atoms with E-state index < -0.39 is 0 Å². The number of anilines is 1. The maximum atomic E-state index is 12.6. The normalized spacial score (nSPS) is 12.6. The number of hydrogen-bond donors (Lipinski definition) is 1. The van der Waals surface area contributed by atoms with E-state index in [-0.39, 0.29) is 5.91 Å². The number of para-hydroxylation sites is 2. The molecule has 1 aliphatic heterocycles. The van der Waals surface area contributed by atoms with E-state index in [1.54, 1.807) is 18.2 Å². The molecule has 5 nitrogen and oxygen atoms in total. The molecule has 1 amide bonds. The zero-order chi connectivity index (χ0) is 16.2. The maximum Gasteiger partial charge on any atom is 0.257 e. The number of fused-ring (bicyclic) bond motifs is 1. The van der Waals surface area contributed by atoms with Crippen molar-refractivity contribution in [1.82, 2.24) is 0 Å². The summed E-state index contributed by atoms with van der Waals surface area (Å²) < 4.78 is 17.2. The minimum absolute atomic E-state index is 0.249. The molecule has 0 fully saturated rings. The number of amides is 1. The molecule has 3 rings (SSSR count). The van der Waals surface area contributed by atoms with Crippen LogP contribution in [0.3, 0.4) is 0 Å². The first-order chi connectivity index (χ1) is 11.2. The van der Waals surface area contributed by atoms with Gasteiger partial charge in [-0.2, -0.15) is 0 Å².